The fraction of sp³-hybridized carbons (Fsp3) is 0.364. The van der Waals surface area contributed by atoms with Crippen LogP contribution in [-0.2, 0) is 21.2 Å². The second-order valence-corrected chi connectivity index (χ2v) is 6.90. The van der Waals surface area contributed by atoms with E-state index in [-0.39, 0.29) is 6.42 Å². The quantitative estimate of drug-likeness (QED) is 0.826. The van der Waals surface area contributed by atoms with E-state index < -0.39 is 21.5 Å². The maximum Gasteiger partial charge on any atom is 0.238 e. The van der Waals surface area contributed by atoms with Crippen LogP contribution in [0.1, 0.15) is 12.5 Å². The van der Waals surface area contributed by atoms with Crippen LogP contribution in [-0.4, -0.2) is 26.1 Å². The third-order valence-corrected chi connectivity index (χ3v) is 3.62. The van der Waals surface area contributed by atoms with Crippen LogP contribution in [0.5, 0.6) is 0 Å². The average molecular weight is 334 g/mol. The smallest absolute Gasteiger partial charge is 0.238 e. The van der Waals surface area contributed by atoms with Gasteiger partial charge in [0.25, 0.3) is 0 Å². The Kier molecular flexibility index (Phi) is 4.52. The first-order valence-corrected chi connectivity index (χ1v) is 7.76. The largest absolute Gasteiger partial charge is 0.368 e. The normalized spacial score (nSPS) is 15.1. The van der Waals surface area contributed by atoms with Crippen molar-refractivity contribution in [1.82, 2.24) is 4.72 Å². The predicted molar refractivity (Wildman–Crippen MR) is 72.3 cm³/mol. The van der Waals surface area contributed by atoms with E-state index in [9.17, 15) is 13.2 Å². The predicted octanol–water partition coefficient (Wildman–Crippen LogP) is 0.585. The fourth-order valence-corrected chi connectivity index (χ4v) is 3.00. The van der Waals surface area contributed by atoms with Crippen LogP contribution in [0.3, 0.4) is 0 Å². The number of hydrogen-bond donors (Lipinski definition) is 2. The van der Waals surface area contributed by atoms with Crippen molar-refractivity contribution in [3.05, 3.63) is 34.3 Å². The molecule has 1 amide bonds. The molecule has 0 aliphatic rings. The minimum atomic E-state index is -3.53. The molecule has 0 spiro atoms. The van der Waals surface area contributed by atoms with Crippen molar-refractivity contribution in [2.75, 3.05) is 6.26 Å². The number of nitrogens with two attached hydrogens (primary N) is 1. The minimum absolute atomic E-state index is 0.169. The van der Waals surface area contributed by atoms with Crippen molar-refractivity contribution >= 4 is 31.9 Å². The molecule has 1 atom stereocenters. The van der Waals surface area contributed by atoms with Crippen molar-refractivity contribution < 1.29 is 13.2 Å². The molecule has 1 radical (unpaired) electrons. The highest BCUT2D eigenvalue weighted by Crippen LogP contribution is 2.17. The first-order chi connectivity index (χ1) is 8.12. The van der Waals surface area contributed by atoms with Gasteiger partial charge < -0.3 is 5.73 Å². The number of benzene rings is 1. The third kappa shape index (κ3) is 4.40. The molecular weight excluding hydrogens is 320 g/mol. The van der Waals surface area contributed by atoms with Crippen molar-refractivity contribution in [1.29, 1.82) is 0 Å². The van der Waals surface area contributed by atoms with Gasteiger partial charge in [0.15, 0.2) is 0 Å². The van der Waals surface area contributed by atoms with Crippen molar-refractivity contribution in [3.8, 4) is 0 Å². The summed E-state index contributed by atoms with van der Waals surface area (Å²) < 4.78 is 25.5. The molecule has 1 unspecified atom stereocenters. The Labute approximate surface area is 115 Å². The molecule has 1 aromatic carbocycles. The number of carbonyl (C=O) groups excluding carboxylic acids is 1. The first-order valence-electron chi connectivity index (χ1n) is 5.07. The molecule has 18 heavy (non-hydrogen) atoms. The van der Waals surface area contributed by atoms with Crippen molar-refractivity contribution in [3.63, 3.8) is 0 Å². The van der Waals surface area contributed by atoms with E-state index >= 15 is 0 Å². The van der Waals surface area contributed by atoms with Crippen LogP contribution in [0.25, 0.3) is 0 Å². The van der Waals surface area contributed by atoms with E-state index in [1.165, 1.54) is 6.92 Å². The van der Waals surface area contributed by atoms with Crippen LogP contribution >= 0.6 is 15.9 Å². The summed E-state index contributed by atoms with van der Waals surface area (Å²) in [6, 6.07) is 8.08. The van der Waals surface area contributed by atoms with Gasteiger partial charge in [0.05, 0.1) is 6.26 Å². The molecule has 0 bridgehead atoms. The van der Waals surface area contributed by atoms with Crippen molar-refractivity contribution in [2.24, 2.45) is 5.73 Å². The summed E-state index contributed by atoms with van der Waals surface area (Å²) in [5.74, 6) is -0.725. The Morgan fingerprint density at radius 2 is 2.22 bits per heavy atom. The van der Waals surface area contributed by atoms with Crippen LogP contribution in [0.4, 0.5) is 0 Å². The van der Waals surface area contributed by atoms with E-state index in [4.69, 9.17) is 5.73 Å². The van der Waals surface area contributed by atoms with E-state index in [0.29, 0.717) is 0 Å². The molecule has 0 aliphatic heterocycles. The molecule has 1 aromatic rings. The van der Waals surface area contributed by atoms with Gasteiger partial charge in [-0.1, -0.05) is 28.1 Å². The van der Waals surface area contributed by atoms with Gasteiger partial charge in [-0.05, 0) is 24.6 Å². The SMILES string of the molecule is CC(Cc1cc[c]c(Br)c1)(NS(C)(=O)=O)C(N)=O. The Balaban J connectivity index is 3.04. The van der Waals surface area contributed by atoms with Gasteiger partial charge in [0.1, 0.15) is 5.54 Å². The third-order valence-electron chi connectivity index (χ3n) is 2.34. The summed E-state index contributed by atoms with van der Waals surface area (Å²) in [4.78, 5) is 11.5. The van der Waals surface area contributed by atoms with Crippen LogP contribution in [0.15, 0.2) is 22.7 Å². The number of sulfonamides is 1. The Morgan fingerprint density at radius 3 is 2.67 bits per heavy atom. The van der Waals surface area contributed by atoms with Gasteiger partial charge >= 0.3 is 0 Å². The van der Waals surface area contributed by atoms with Gasteiger partial charge in [-0.25, -0.2) is 8.42 Å². The molecule has 99 valence electrons. The molecule has 0 heterocycles. The van der Waals surface area contributed by atoms with E-state index in [1.807, 2.05) is 0 Å². The van der Waals surface area contributed by atoms with E-state index in [1.54, 1.807) is 18.2 Å². The molecule has 0 aromatic heterocycles. The summed E-state index contributed by atoms with van der Waals surface area (Å²) in [5, 5.41) is 0. The Morgan fingerprint density at radius 1 is 1.61 bits per heavy atom. The number of nitrogens with one attached hydrogen (secondary N) is 1. The zero-order valence-corrected chi connectivity index (χ0v) is 12.4. The average Bonchev–Trinajstić information content (AvgIpc) is 2.13. The van der Waals surface area contributed by atoms with Crippen LogP contribution in [0, 0.1) is 6.07 Å². The number of amides is 1. The highest BCUT2D eigenvalue weighted by Gasteiger charge is 2.34. The lowest BCUT2D eigenvalue weighted by Gasteiger charge is -2.26. The summed E-state index contributed by atoms with van der Waals surface area (Å²) in [6.07, 6.45) is 1.16. The highest BCUT2D eigenvalue weighted by molar-refractivity contribution is 9.10. The van der Waals surface area contributed by atoms with Crippen LogP contribution < -0.4 is 10.5 Å². The summed E-state index contributed by atoms with van der Waals surface area (Å²) in [7, 11) is -3.53. The molecule has 5 nitrogen and oxygen atoms in total. The lowest BCUT2D eigenvalue weighted by Crippen LogP contribution is -2.56. The second-order valence-electron chi connectivity index (χ2n) is 4.29. The van der Waals surface area contributed by atoms with Gasteiger partial charge in [-0.15, -0.1) is 0 Å². The number of hydrogen-bond acceptors (Lipinski definition) is 3. The van der Waals surface area contributed by atoms with Crippen molar-refractivity contribution in [2.45, 2.75) is 18.9 Å². The molecule has 1 rings (SSSR count). The van der Waals surface area contributed by atoms with E-state index in [2.05, 4.69) is 26.7 Å². The monoisotopic (exact) mass is 333 g/mol. The number of primary amides is 1. The summed E-state index contributed by atoms with van der Waals surface area (Å²) in [5.41, 5.74) is 4.70. The highest BCUT2D eigenvalue weighted by atomic mass is 79.9. The topological polar surface area (TPSA) is 89.3 Å². The van der Waals surface area contributed by atoms with E-state index in [0.717, 1.165) is 16.3 Å². The lowest BCUT2D eigenvalue weighted by molar-refractivity contribution is -0.123. The zero-order chi connectivity index (χ0) is 14.0. The van der Waals surface area contributed by atoms with Crippen LogP contribution in [0.2, 0.25) is 0 Å². The maximum absolute atomic E-state index is 11.5. The Hall–Kier alpha value is -0.920. The molecule has 0 saturated carbocycles. The van der Waals surface area contributed by atoms with Gasteiger partial charge in [0.2, 0.25) is 15.9 Å². The van der Waals surface area contributed by atoms with Gasteiger partial charge in [-0.3, -0.25) is 4.79 Å². The standard InChI is InChI=1S/C11H14BrN2O3S/c1-11(10(13)15,14-18(2,16)17)7-8-4-3-5-9(12)6-8/h3-4,6,14H,7H2,1-2H3,(H2,13,15). The molecule has 0 aliphatic carbocycles. The number of halogens is 1. The molecular formula is C11H14BrN2O3S. The lowest BCUT2D eigenvalue weighted by atomic mass is 9.93. The first kappa shape index (κ1) is 15.1. The molecule has 0 fully saturated rings. The maximum atomic E-state index is 11.5. The fourth-order valence-electron chi connectivity index (χ4n) is 1.58. The van der Waals surface area contributed by atoms with Gasteiger partial charge in [-0.2, -0.15) is 4.72 Å². The number of carbonyl (C=O) groups is 1. The Bertz CT molecular complexity index is 559. The summed E-state index contributed by atoms with van der Waals surface area (Å²) >= 11 is 3.26. The molecule has 3 N–H and O–H groups in total. The zero-order valence-electron chi connectivity index (χ0n) is 10.0. The summed E-state index contributed by atoms with van der Waals surface area (Å²) in [6.45, 7) is 1.46. The molecule has 0 saturated heterocycles. The minimum Gasteiger partial charge on any atom is -0.368 e. The van der Waals surface area contributed by atoms with Gasteiger partial charge in [0, 0.05) is 10.9 Å². The molecule has 7 heteroatoms. The number of rotatable bonds is 5. The second kappa shape index (κ2) is 5.38.